The molecule has 0 unspecified atom stereocenters. The average Bonchev–Trinajstić information content (AvgIpc) is 2.64. The lowest BCUT2D eigenvalue weighted by atomic mass is 10.2. The van der Waals surface area contributed by atoms with Crippen LogP contribution in [0.25, 0.3) is 0 Å². The molecule has 0 aliphatic rings. The van der Waals surface area contributed by atoms with E-state index in [0.717, 1.165) is 25.3 Å². The Morgan fingerprint density at radius 3 is 2.83 bits per heavy atom. The number of hydrogen-bond acceptors (Lipinski definition) is 4. The monoisotopic (exact) mass is 254 g/mol. The van der Waals surface area contributed by atoms with Crippen LogP contribution in [-0.2, 0) is 17.9 Å². The topological polar surface area (TPSA) is 71.2 Å². The quantitative estimate of drug-likeness (QED) is 0.755. The summed E-state index contributed by atoms with van der Waals surface area (Å²) >= 11 is 0. The summed E-state index contributed by atoms with van der Waals surface area (Å²) in [6.45, 7) is 8.41. The lowest BCUT2D eigenvalue weighted by molar-refractivity contribution is -0.138. The number of aliphatic carboxylic acids is 1. The van der Waals surface area contributed by atoms with Crippen LogP contribution in [0.2, 0.25) is 0 Å². The Morgan fingerprint density at radius 1 is 1.56 bits per heavy atom. The number of carbonyl (C=O) groups is 1. The molecule has 0 radical (unpaired) electrons. The molecule has 1 aromatic rings. The van der Waals surface area contributed by atoms with Crippen LogP contribution in [0, 0.1) is 5.92 Å². The van der Waals surface area contributed by atoms with Gasteiger partial charge in [0.1, 0.15) is 12.2 Å². The summed E-state index contributed by atoms with van der Waals surface area (Å²) in [5.41, 5.74) is 0. The van der Waals surface area contributed by atoms with E-state index >= 15 is 0 Å². The van der Waals surface area contributed by atoms with Gasteiger partial charge in [0.05, 0.1) is 13.1 Å². The molecule has 0 aliphatic heterocycles. The first-order chi connectivity index (χ1) is 8.52. The third kappa shape index (κ3) is 4.83. The van der Waals surface area contributed by atoms with Crippen molar-refractivity contribution in [2.45, 2.75) is 40.3 Å². The van der Waals surface area contributed by atoms with Gasteiger partial charge in [-0.2, -0.15) is 5.10 Å². The van der Waals surface area contributed by atoms with Gasteiger partial charge in [0.15, 0.2) is 0 Å². The predicted octanol–water partition coefficient (Wildman–Crippen LogP) is 1.23. The maximum absolute atomic E-state index is 10.8. The highest BCUT2D eigenvalue weighted by atomic mass is 16.4. The van der Waals surface area contributed by atoms with Crippen molar-refractivity contribution < 1.29 is 9.90 Å². The van der Waals surface area contributed by atoms with E-state index in [2.05, 4.69) is 23.9 Å². The first kappa shape index (κ1) is 14.6. The molecule has 18 heavy (non-hydrogen) atoms. The van der Waals surface area contributed by atoms with Gasteiger partial charge in [0, 0.05) is 6.54 Å². The molecule has 1 aromatic heterocycles. The zero-order valence-corrected chi connectivity index (χ0v) is 11.3. The zero-order valence-electron chi connectivity index (χ0n) is 11.3. The van der Waals surface area contributed by atoms with Crippen LogP contribution >= 0.6 is 0 Å². The van der Waals surface area contributed by atoms with Gasteiger partial charge in [-0.15, -0.1) is 0 Å². The molecule has 1 N–H and O–H groups in total. The summed E-state index contributed by atoms with van der Waals surface area (Å²) in [7, 11) is 0. The van der Waals surface area contributed by atoms with Crippen molar-refractivity contribution in [3.05, 3.63) is 12.2 Å². The fourth-order valence-electron chi connectivity index (χ4n) is 1.83. The Bertz CT molecular complexity index is 376. The third-order valence-electron chi connectivity index (χ3n) is 2.50. The maximum atomic E-state index is 10.8. The van der Waals surface area contributed by atoms with Crippen LogP contribution in [0.15, 0.2) is 6.33 Å². The molecule has 0 saturated heterocycles. The Hall–Kier alpha value is -1.43. The largest absolute Gasteiger partial charge is 0.480 e. The molecular formula is C12H22N4O2. The Labute approximate surface area is 108 Å². The van der Waals surface area contributed by atoms with E-state index in [4.69, 9.17) is 5.11 Å². The second-order valence-electron chi connectivity index (χ2n) is 4.86. The molecule has 0 amide bonds. The van der Waals surface area contributed by atoms with Gasteiger partial charge in [-0.1, -0.05) is 20.8 Å². The molecule has 102 valence electrons. The first-order valence-corrected chi connectivity index (χ1v) is 6.33. The first-order valence-electron chi connectivity index (χ1n) is 6.33. The van der Waals surface area contributed by atoms with Gasteiger partial charge in [0.25, 0.3) is 0 Å². The summed E-state index contributed by atoms with van der Waals surface area (Å²) in [5, 5.41) is 13.0. The molecule has 6 heteroatoms. The fraction of sp³-hybridized carbons (Fsp3) is 0.750. The minimum atomic E-state index is -0.807. The van der Waals surface area contributed by atoms with Crippen molar-refractivity contribution >= 4 is 5.97 Å². The van der Waals surface area contributed by atoms with Gasteiger partial charge in [-0.05, 0) is 18.9 Å². The van der Waals surface area contributed by atoms with E-state index in [1.807, 2.05) is 16.5 Å². The summed E-state index contributed by atoms with van der Waals surface area (Å²) in [6.07, 6.45) is 2.45. The number of carboxylic acids is 1. The third-order valence-corrected chi connectivity index (χ3v) is 2.50. The highest BCUT2D eigenvalue weighted by molar-refractivity contribution is 5.69. The number of aromatic nitrogens is 3. The van der Waals surface area contributed by atoms with E-state index in [0.29, 0.717) is 12.5 Å². The predicted molar refractivity (Wildman–Crippen MR) is 68.1 cm³/mol. The zero-order chi connectivity index (χ0) is 13.5. The number of rotatable bonds is 8. The highest BCUT2D eigenvalue weighted by Gasteiger charge is 2.13. The molecule has 0 aromatic carbocycles. The molecule has 0 aliphatic carbocycles. The van der Waals surface area contributed by atoms with Crippen molar-refractivity contribution in [3.63, 3.8) is 0 Å². The highest BCUT2D eigenvalue weighted by Crippen LogP contribution is 2.05. The van der Waals surface area contributed by atoms with Crippen LogP contribution in [-0.4, -0.2) is 43.8 Å². The van der Waals surface area contributed by atoms with E-state index in [1.165, 1.54) is 6.33 Å². The van der Waals surface area contributed by atoms with E-state index in [9.17, 15) is 4.79 Å². The normalized spacial score (nSPS) is 11.4. The van der Waals surface area contributed by atoms with Gasteiger partial charge in [-0.3, -0.25) is 9.69 Å². The summed E-state index contributed by atoms with van der Waals surface area (Å²) in [5.74, 6) is 0.515. The van der Waals surface area contributed by atoms with Crippen LogP contribution in [0.5, 0.6) is 0 Å². The van der Waals surface area contributed by atoms with Gasteiger partial charge < -0.3 is 5.11 Å². The van der Waals surface area contributed by atoms with Gasteiger partial charge >= 0.3 is 5.97 Å². The number of carboxylic acid groups (broad SMARTS) is 1. The Balaban J connectivity index is 2.67. The Morgan fingerprint density at radius 2 is 2.28 bits per heavy atom. The maximum Gasteiger partial charge on any atom is 0.317 e. The molecule has 0 fully saturated rings. The second kappa shape index (κ2) is 7.10. The number of nitrogens with zero attached hydrogens (tertiary/aromatic N) is 4. The summed E-state index contributed by atoms with van der Waals surface area (Å²) in [4.78, 5) is 16.9. The molecule has 0 spiro atoms. The van der Waals surface area contributed by atoms with E-state index < -0.39 is 5.97 Å². The van der Waals surface area contributed by atoms with Crippen LogP contribution in [0.3, 0.4) is 0 Å². The molecule has 1 rings (SSSR count). The summed E-state index contributed by atoms with van der Waals surface area (Å²) in [6, 6.07) is 0. The molecular weight excluding hydrogens is 232 g/mol. The molecule has 0 atom stereocenters. The van der Waals surface area contributed by atoms with Crippen molar-refractivity contribution in [1.82, 2.24) is 19.7 Å². The van der Waals surface area contributed by atoms with Crippen molar-refractivity contribution in [1.29, 1.82) is 0 Å². The van der Waals surface area contributed by atoms with Gasteiger partial charge in [-0.25, -0.2) is 9.67 Å². The van der Waals surface area contributed by atoms with Crippen molar-refractivity contribution in [2.24, 2.45) is 5.92 Å². The molecule has 6 nitrogen and oxygen atoms in total. The average molecular weight is 254 g/mol. The lowest BCUT2D eigenvalue weighted by Gasteiger charge is -2.19. The SMILES string of the molecule is CCCN(CC(=O)O)Cc1ncnn1CC(C)C. The van der Waals surface area contributed by atoms with Gasteiger partial charge in [0.2, 0.25) is 0 Å². The summed E-state index contributed by atoms with van der Waals surface area (Å²) < 4.78 is 1.86. The number of hydrogen-bond donors (Lipinski definition) is 1. The molecule has 1 heterocycles. The molecule has 0 saturated carbocycles. The molecule has 0 bridgehead atoms. The van der Waals surface area contributed by atoms with Crippen LogP contribution in [0.4, 0.5) is 0 Å². The van der Waals surface area contributed by atoms with Crippen molar-refractivity contribution in [3.8, 4) is 0 Å². The fourth-order valence-corrected chi connectivity index (χ4v) is 1.83. The minimum Gasteiger partial charge on any atom is -0.480 e. The Kier molecular flexibility index (Phi) is 5.77. The van der Waals surface area contributed by atoms with E-state index in [-0.39, 0.29) is 6.54 Å². The second-order valence-corrected chi connectivity index (χ2v) is 4.86. The lowest BCUT2D eigenvalue weighted by Crippen LogP contribution is -2.31. The van der Waals surface area contributed by atoms with Crippen LogP contribution < -0.4 is 0 Å². The minimum absolute atomic E-state index is 0.0440. The smallest absolute Gasteiger partial charge is 0.317 e. The van der Waals surface area contributed by atoms with E-state index in [1.54, 1.807) is 0 Å². The van der Waals surface area contributed by atoms with Crippen molar-refractivity contribution in [2.75, 3.05) is 13.1 Å². The van der Waals surface area contributed by atoms with Crippen LogP contribution in [0.1, 0.15) is 33.0 Å². The standard InChI is InChI=1S/C12H22N4O2/c1-4-5-15(8-12(17)18)7-11-13-9-14-16(11)6-10(2)3/h9-10H,4-8H2,1-3H3,(H,17,18).